The van der Waals surface area contributed by atoms with Gasteiger partial charge >= 0.3 is 0 Å². The van der Waals surface area contributed by atoms with E-state index in [0.29, 0.717) is 37.6 Å². The van der Waals surface area contributed by atoms with Crippen LogP contribution in [0.1, 0.15) is 17.5 Å². The number of hydrogen-bond donors (Lipinski definition) is 2. The van der Waals surface area contributed by atoms with E-state index in [1.54, 1.807) is 13.3 Å². The smallest absolute Gasteiger partial charge is 0.238 e. The first kappa shape index (κ1) is 17.1. The molecule has 0 aliphatic carbocycles. The van der Waals surface area contributed by atoms with E-state index in [-0.39, 0.29) is 0 Å². The SMILES string of the molecule is COc1ncc(-n2nc(OCC3CCNC3)c3c2NCOCC3)cc1C. The molecule has 0 radical (unpaired) electrons. The van der Waals surface area contributed by atoms with Crippen molar-refractivity contribution in [3.8, 4) is 17.4 Å². The maximum atomic E-state index is 6.11. The summed E-state index contributed by atoms with van der Waals surface area (Å²) in [6.07, 6.45) is 3.67. The van der Waals surface area contributed by atoms with Gasteiger partial charge in [-0.2, -0.15) is 0 Å². The summed E-state index contributed by atoms with van der Waals surface area (Å²) < 4.78 is 18.8. The topological polar surface area (TPSA) is 82.5 Å². The Morgan fingerprint density at radius 1 is 1.38 bits per heavy atom. The number of aromatic nitrogens is 3. The molecular weight excluding hydrogens is 334 g/mol. The Morgan fingerprint density at radius 2 is 2.31 bits per heavy atom. The second kappa shape index (κ2) is 7.51. The van der Waals surface area contributed by atoms with Crippen LogP contribution < -0.4 is 20.1 Å². The summed E-state index contributed by atoms with van der Waals surface area (Å²) in [4.78, 5) is 4.37. The van der Waals surface area contributed by atoms with Crippen molar-refractivity contribution in [2.45, 2.75) is 19.8 Å². The van der Waals surface area contributed by atoms with Crippen LogP contribution in [0.5, 0.6) is 11.8 Å². The van der Waals surface area contributed by atoms with Gasteiger partial charge in [-0.1, -0.05) is 0 Å². The molecule has 1 atom stereocenters. The number of fused-ring (bicyclic) bond motifs is 1. The minimum atomic E-state index is 0.452. The highest BCUT2D eigenvalue weighted by Crippen LogP contribution is 2.32. The van der Waals surface area contributed by atoms with Gasteiger partial charge in [0, 0.05) is 24.4 Å². The molecule has 1 unspecified atom stereocenters. The summed E-state index contributed by atoms with van der Waals surface area (Å²) in [5.41, 5.74) is 2.88. The van der Waals surface area contributed by atoms with Crippen molar-refractivity contribution < 1.29 is 14.2 Å². The number of aryl methyl sites for hydroxylation is 1. The van der Waals surface area contributed by atoms with E-state index in [1.165, 1.54) is 0 Å². The molecule has 0 aromatic carbocycles. The van der Waals surface area contributed by atoms with Gasteiger partial charge in [0.05, 0.1) is 37.8 Å². The Balaban J connectivity index is 1.66. The fraction of sp³-hybridized carbons (Fsp3) is 0.556. The molecule has 0 bridgehead atoms. The van der Waals surface area contributed by atoms with E-state index in [4.69, 9.17) is 19.3 Å². The molecule has 4 heterocycles. The average molecular weight is 359 g/mol. The van der Waals surface area contributed by atoms with Gasteiger partial charge < -0.3 is 24.8 Å². The van der Waals surface area contributed by atoms with Crippen molar-refractivity contribution in [1.82, 2.24) is 20.1 Å². The summed E-state index contributed by atoms with van der Waals surface area (Å²) in [6, 6.07) is 2.01. The zero-order chi connectivity index (χ0) is 17.9. The molecule has 1 saturated heterocycles. The lowest BCUT2D eigenvalue weighted by Gasteiger charge is -2.10. The van der Waals surface area contributed by atoms with Crippen molar-refractivity contribution in [2.24, 2.45) is 5.92 Å². The maximum Gasteiger partial charge on any atom is 0.238 e. The lowest BCUT2D eigenvalue weighted by molar-refractivity contribution is 0.158. The lowest BCUT2D eigenvalue weighted by Crippen LogP contribution is -2.16. The van der Waals surface area contributed by atoms with Crippen LogP contribution in [0.25, 0.3) is 5.69 Å². The standard InChI is InChI=1S/C18H25N5O3/c1-12-7-14(9-20-17(12)24-2)23-16-15(4-6-25-11-21-16)18(22-23)26-10-13-3-5-19-8-13/h7,9,13,19,21H,3-6,8,10-11H2,1-2H3. The van der Waals surface area contributed by atoms with Gasteiger partial charge in [-0.3, -0.25) is 0 Å². The van der Waals surface area contributed by atoms with E-state index < -0.39 is 0 Å². The van der Waals surface area contributed by atoms with Gasteiger partial charge in [-0.05, 0) is 26.0 Å². The van der Waals surface area contributed by atoms with Crippen molar-refractivity contribution in [2.75, 3.05) is 45.5 Å². The molecule has 8 heteroatoms. The first-order valence-corrected chi connectivity index (χ1v) is 9.04. The van der Waals surface area contributed by atoms with Crippen molar-refractivity contribution in [1.29, 1.82) is 0 Å². The highest BCUT2D eigenvalue weighted by atomic mass is 16.5. The van der Waals surface area contributed by atoms with E-state index in [1.807, 2.05) is 17.7 Å². The van der Waals surface area contributed by atoms with Gasteiger partial charge in [-0.15, -0.1) is 5.10 Å². The van der Waals surface area contributed by atoms with Gasteiger partial charge in [0.15, 0.2) is 0 Å². The monoisotopic (exact) mass is 359 g/mol. The summed E-state index contributed by atoms with van der Waals surface area (Å²) in [5, 5.41) is 11.4. The minimum Gasteiger partial charge on any atom is -0.481 e. The van der Waals surface area contributed by atoms with Gasteiger partial charge in [0.25, 0.3) is 0 Å². The van der Waals surface area contributed by atoms with Crippen LogP contribution in [0.4, 0.5) is 5.82 Å². The normalized spacial score (nSPS) is 19.5. The number of hydrogen-bond acceptors (Lipinski definition) is 7. The molecule has 8 nitrogen and oxygen atoms in total. The van der Waals surface area contributed by atoms with E-state index in [0.717, 1.165) is 48.6 Å². The average Bonchev–Trinajstić information content (AvgIpc) is 3.21. The Bertz CT molecular complexity index is 770. The third-order valence-corrected chi connectivity index (χ3v) is 4.86. The van der Waals surface area contributed by atoms with Crippen LogP contribution in [-0.4, -0.2) is 54.9 Å². The van der Waals surface area contributed by atoms with Crippen LogP contribution in [0, 0.1) is 12.8 Å². The maximum absolute atomic E-state index is 6.11. The number of ether oxygens (including phenoxy) is 3. The molecule has 0 spiro atoms. The highest BCUT2D eigenvalue weighted by molar-refractivity contribution is 5.56. The number of nitrogens with zero attached hydrogens (tertiary/aromatic N) is 3. The predicted molar refractivity (Wildman–Crippen MR) is 97.3 cm³/mol. The second-order valence-electron chi connectivity index (χ2n) is 6.71. The number of pyridine rings is 1. The molecule has 140 valence electrons. The Hall–Kier alpha value is -2.32. The summed E-state index contributed by atoms with van der Waals surface area (Å²) in [7, 11) is 1.62. The molecule has 2 aliphatic rings. The first-order chi connectivity index (χ1) is 12.8. The molecule has 0 saturated carbocycles. The molecule has 4 rings (SSSR count). The fourth-order valence-corrected chi connectivity index (χ4v) is 3.44. The van der Waals surface area contributed by atoms with Crippen LogP contribution in [-0.2, 0) is 11.2 Å². The molecule has 0 amide bonds. The van der Waals surface area contributed by atoms with E-state index in [2.05, 4.69) is 15.6 Å². The quantitative estimate of drug-likeness (QED) is 0.837. The van der Waals surface area contributed by atoms with Crippen LogP contribution in [0.2, 0.25) is 0 Å². The van der Waals surface area contributed by atoms with E-state index >= 15 is 0 Å². The highest BCUT2D eigenvalue weighted by Gasteiger charge is 2.24. The Labute approximate surface area is 152 Å². The lowest BCUT2D eigenvalue weighted by atomic mass is 10.1. The van der Waals surface area contributed by atoms with Crippen molar-refractivity contribution >= 4 is 5.82 Å². The van der Waals surface area contributed by atoms with Gasteiger partial charge in [-0.25, -0.2) is 9.67 Å². The molecule has 2 aromatic heterocycles. The first-order valence-electron chi connectivity index (χ1n) is 9.04. The Morgan fingerprint density at radius 3 is 3.08 bits per heavy atom. The molecule has 1 fully saturated rings. The third kappa shape index (κ3) is 3.34. The predicted octanol–water partition coefficient (Wildman–Crippen LogP) is 1.51. The second-order valence-corrected chi connectivity index (χ2v) is 6.71. The number of nitrogens with one attached hydrogen (secondary N) is 2. The van der Waals surface area contributed by atoms with Gasteiger partial charge in [0.2, 0.25) is 11.8 Å². The van der Waals surface area contributed by atoms with Crippen LogP contribution >= 0.6 is 0 Å². The zero-order valence-corrected chi connectivity index (χ0v) is 15.2. The zero-order valence-electron chi connectivity index (χ0n) is 15.2. The van der Waals surface area contributed by atoms with Crippen LogP contribution in [0.15, 0.2) is 12.3 Å². The number of anilines is 1. The van der Waals surface area contributed by atoms with Gasteiger partial charge in [0.1, 0.15) is 12.5 Å². The molecule has 2 aliphatic heterocycles. The number of methoxy groups -OCH3 is 1. The van der Waals surface area contributed by atoms with Crippen LogP contribution in [0.3, 0.4) is 0 Å². The number of rotatable bonds is 5. The fourth-order valence-electron chi connectivity index (χ4n) is 3.44. The van der Waals surface area contributed by atoms with E-state index in [9.17, 15) is 0 Å². The summed E-state index contributed by atoms with van der Waals surface area (Å²) in [6.45, 7) is 5.81. The third-order valence-electron chi connectivity index (χ3n) is 4.86. The van der Waals surface area contributed by atoms with Crippen molar-refractivity contribution in [3.63, 3.8) is 0 Å². The largest absolute Gasteiger partial charge is 0.481 e. The summed E-state index contributed by atoms with van der Waals surface area (Å²) in [5.74, 6) is 2.75. The molecule has 2 aromatic rings. The molecule has 26 heavy (non-hydrogen) atoms. The molecular formula is C18H25N5O3. The molecule has 2 N–H and O–H groups in total. The summed E-state index contributed by atoms with van der Waals surface area (Å²) >= 11 is 0. The Kier molecular flexibility index (Phi) is 4.94. The van der Waals surface area contributed by atoms with Crippen molar-refractivity contribution in [3.05, 3.63) is 23.4 Å². The minimum absolute atomic E-state index is 0.452.